The second-order valence-electron chi connectivity index (χ2n) is 6.47. The maximum atomic E-state index is 12.5. The molecule has 0 saturated heterocycles. The smallest absolute Gasteiger partial charge is 0.189 e. The number of allylic oxidation sites excluding steroid dienone is 1. The van der Waals surface area contributed by atoms with Crippen molar-refractivity contribution in [2.24, 2.45) is 0 Å². The predicted octanol–water partition coefficient (Wildman–Crippen LogP) is 5.46. The van der Waals surface area contributed by atoms with E-state index in [0.717, 1.165) is 39.3 Å². The minimum Gasteiger partial charge on any atom is -0.496 e. The van der Waals surface area contributed by atoms with Gasteiger partial charge >= 0.3 is 0 Å². The molecule has 6 heteroatoms. The highest BCUT2D eigenvalue weighted by atomic mass is 79.9. The Kier molecular flexibility index (Phi) is 6.88. The monoisotopic (exact) mass is 454 g/mol. The molecule has 29 heavy (non-hydrogen) atoms. The van der Waals surface area contributed by atoms with Crippen LogP contribution in [0.4, 0.5) is 0 Å². The fourth-order valence-corrected chi connectivity index (χ4v) is 3.31. The summed E-state index contributed by atoms with van der Waals surface area (Å²) in [6.45, 7) is 4.92. The van der Waals surface area contributed by atoms with Gasteiger partial charge < -0.3 is 9.47 Å². The van der Waals surface area contributed by atoms with Gasteiger partial charge in [-0.05, 0) is 65.7 Å². The Morgan fingerprint density at radius 2 is 2.00 bits per heavy atom. The second kappa shape index (κ2) is 9.56. The van der Waals surface area contributed by atoms with E-state index in [2.05, 4.69) is 21.0 Å². The molecule has 0 unspecified atom stereocenters. The number of methoxy groups -OCH3 is 1. The van der Waals surface area contributed by atoms with Crippen LogP contribution in [0.2, 0.25) is 0 Å². The first-order valence-corrected chi connectivity index (χ1v) is 10.1. The third kappa shape index (κ3) is 5.15. The molecule has 0 atom stereocenters. The summed E-state index contributed by atoms with van der Waals surface area (Å²) in [6.07, 6.45) is 5.16. The number of para-hydroxylation sites is 1. The Hall–Kier alpha value is -2.86. The van der Waals surface area contributed by atoms with E-state index < -0.39 is 0 Å². The van der Waals surface area contributed by atoms with Crippen LogP contribution in [0, 0.1) is 6.92 Å². The Labute approximate surface area is 179 Å². The van der Waals surface area contributed by atoms with Gasteiger partial charge in [-0.1, -0.05) is 24.3 Å². The molecule has 0 saturated carbocycles. The number of carbonyl (C=O) groups excluding carboxylic acids is 1. The summed E-state index contributed by atoms with van der Waals surface area (Å²) in [6, 6.07) is 13.4. The summed E-state index contributed by atoms with van der Waals surface area (Å²) >= 11 is 3.48. The van der Waals surface area contributed by atoms with Crippen LogP contribution in [0.25, 0.3) is 6.08 Å². The van der Waals surface area contributed by atoms with E-state index in [1.54, 1.807) is 30.1 Å². The molecular formula is C23H23BrN2O3. The molecule has 0 aliphatic heterocycles. The molecule has 0 bridgehead atoms. The van der Waals surface area contributed by atoms with Gasteiger partial charge in [0.15, 0.2) is 5.78 Å². The standard InChI is InChI=1S/C23H23BrN2O3/c1-4-26-14-19(16(2)25-26)21(27)11-9-17-10-12-22(28-3)18(13-17)15-29-23-8-6-5-7-20(23)24/h5-14H,4,15H2,1-3H3/b11-9+. The largest absolute Gasteiger partial charge is 0.496 e. The lowest BCUT2D eigenvalue weighted by Crippen LogP contribution is -2.00. The minimum atomic E-state index is -0.0657. The number of halogens is 1. The number of ether oxygens (including phenoxy) is 2. The molecule has 3 aromatic rings. The molecule has 0 aliphatic carbocycles. The Balaban J connectivity index is 1.77. The van der Waals surface area contributed by atoms with Crippen LogP contribution >= 0.6 is 15.9 Å². The topological polar surface area (TPSA) is 53.4 Å². The molecule has 0 amide bonds. The summed E-state index contributed by atoms with van der Waals surface area (Å²) < 4.78 is 14.0. The van der Waals surface area contributed by atoms with Crippen LogP contribution in [0.1, 0.15) is 34.1 Å². The van der Waals surface area contributed by atoms with Crippen LogP contribution in [0.15, 0.2) is 59.2 Å². The average molecular weight is 455 g/mol. The number of nitrogens with zero attached hydrogens (tertiary/aromatic N) is 2. The van der Waals surface area contributed by atoms with E-state index in [0.29, 0.717) is 12.2 Å². The highest BCUT2D eigenvalue weighted by Gasteiger charge is 2.11. The molecule has 1 aromatic heterocycles. The van der Waals surface area contributed by atoms with Crippen molar-refractivity contribution in [3.63, 3.8) is 0 Å². The molecule has 0 N–H and O–H groups in total. The lowest BCUT2D eigenvalue weighted by atomic mass is 10.1. The highest BCUT2D eigenvalue weighted by molar-refractivity contribution is 9.10. The van der Waals surface area contributed by atoms with E-state index >= 15 is 0 Å². The quantitative estimate of drug-likeness (QED) is 0.335. The molecule has 1 heterocycles. The number of hydrogen-bond acceptors (Lipinski definition) is 4. The van der Waals surface area contributed by atoms with Crippen LogP contribution < -0.4 is 9.47 Å². The van der Waals surface area contributed by atoms with E-state index in [4.69, 9.17) is 9.47 Å². The summed E-state index contributed by atoms with van der Waals surface area (Å²) in [7, 11) is 1.63. The van der Waals surface area contributed by atoms with Gasteiger partial charge in [0, 0.05) is 18.3 Å². The summed E-state index contributed by atoms with van der Waals surface area (Å²) in [5.74, 6) is 1.43. The molecule has 3 rings (SSSR count). The zero-order valence-corrected chi connectivity index (χ0v) is 18.3. The van der Waals surface area contributed by atoms with Crippen molar-refractivity contribution >= 4 is 27.8 Å². The fraction of sp³-hybridized carbons (Fsp3) is 0.217. The van der Waals surface area contributed by atoms with Crippen molar-refractivity contribution in [2.45, 2.75) is 27.0 Å². The Morgan fingerprint density at radius 1 is 1.21 bits per heavy atom. The number of carbonyl (C=O) groups is 1. The van der Waals surface area contributed by atoms with Gasteiger partial charge in [-0.15, -0.1) is 0 Å². The van der Waals surface area contributed by atoms with Crippen LogP contribution in [-0.4, -0.2) is 22.7 Å². The van der Waals surface area contributed by atoms with Crippen LogP contribution in [0.5, 0.6) is 11.5 Å². The number of ketones is 1. The average Bonchev–Trinajstić information content (AvgIpc) is 3.12. The number of aryl methyl sites for hydroxylation is 2. The molecule has 2 aromatic carbocycles. The van der Waals surface area contributed by atoms with Gasteiger partial charge in [0.1, 0.15) is 18.1 Å². The Bertz CT molecular complexity index is 1040. The second-order valence-corrected chi connectivity index (χ2v) is 7.33. The molecular weight excluding hydrogens is 432 g/mol. The van der Waals surface area contributed by atoms with Crippen molar-refractivity contribution < 1.29 is 14.3 Å². The van der Waals surface area contributed by atoms with E-state index in [-0.39, 0.29) is 5.78 Å². The van der Waals surface area contributed by atoms with Crippen molar-refractivity contribution in [1.82, 2.24) is 9.78 Å². The highest BCUT2D eigenvalue weighted by Crippen LogP contribution is 2.27. The zero-order valence-electron chi connectivity index (χ0n) is 16.7. The summed E-state index contributed by atoms with van der Waals surface area (Å²) in [4.78, 5) is 12.5. The first-order chi connectivity index (χ1) is 14.0. The molecule has 0 radical (unpaired) electrons. The first kappa shape index (κ1) is 20.9. The van der Waals surface area contributed by atoms with Gasteiger partial charge in [-0.2, -0.15) is 5.10 Å². The number of rotatable bonds is 8. The molecule has 5 nitrogen and oxygen atoms in total. The SMILES string of the molecule is CCn1cc(C(=O)/C=C/c2ccc(OC)c(COc3ccccc3Br)c2)c(C)n1. The van der Waals surface area contributed by atoms with Gasteiger partial charge in [0.2, 0.25) is 0 Å². The van der Waals surface area contributed by atoms with Crippen LogP contribution in [-0.2, 0) is 13.2 Å². The lowest BCUT2D eigenvalue weighted by Gasteiger charge is -2.12. The summed E-state index contributed by atoms with van der Waals surface area (Å²) in [5, 5.41) is 4.33. The normalized spacial score (nSPS) is 11.0. The minimum absolute atomic E-state index is 0.0657. The number of aromatic nitrogens is 2. The maximum absolute atomic E-state index is 12.5. The van der Waals surface area contributed by atoms with Gasteiger partial charge in [-0.3, -0.25) is 9.48 Å². The van der Waals surface area contributed by atoms with Gasteiger partial charge in [-0.25, -0.2) is 0 Å². The van der Waals surface area contributed by atoms with E-state index in [1.165, 1.54) is 0 Å². The third-order valence-electron chi connectivity index (χ3n) is 4.49. The van der Waals surface area contributed by atoms with Crippen molar-refractivity contribution in [1.29, 1.82) is 0 Å². The van der Waals surface area contributed by atoms with Crippen molar-refractivity contribution in [2.75, 3.05) is 7.11 Å². The first-order valence-electron chi connectivity index (χ1n) is 9.32. The molecule has 0 spiro atoms. The molecule has 0 aliphatic rings. The fourth-order valence-electron chi connectivity index (χ4n) is 2.92. The number of hydrogen-bond donors (Lipinski definition) is 0. The predicted molar refractivity (Wildman–Crippen MR) is 117 cm³/mol. The maximum Gasteiger partial charge on any atom is 0.189 e. The van der Waals surface area contributed by atoms with Crippen molar-refractivity contribution in [3.05, 3.63) is 81.6 Å². The number of benzene rings is 2. The zero-order chi connectivity index (χ0) is 20.8. The van der Waals surface area contributed by atoms with Gasteiger partial charge in [0.05, 0.1) is 22.8 Å². The molecule has 0 fully saturated rings. The van der Waals surface area contributed by atoms with E-state index in [9.17, 15) is 4.79 Å². The third-order valence-corrected chi connectivity index (χ3v) is 5.14. The van der Waals surface area contributed by atoms with Gasteiger partial charge in [0.25, 0.3) is 0 Å². The van der Waals surface area contributed by atoms with E-state index in [1.807, 2.05) is 56.3 Å². The summed E-state index contributed by atoms with van der Waals surface area (Å²) in [5.41, 5.74) is 3.14. The lowest BCUT2D eigenvalue weighted by molar-refractivity contribution is 0.104. The Morgan fingerprint density at radius 3 is 2.69 bits per heavy atom. The van der Waals surface area contributed by atoms with Crippen LogP contribution in [0.3, 0.4) is 0 Å². The van der Waals surface area contributed by atoms with Crippen molar-refractivity contribution in [3.8, 4) is 11.5 Å². The molecule has 150 valence electrons.